The van der Waals surface area contributed by atoms with Crippen molar-refractivity contribution in [2.24, 2.45) is 0 Å². The summed E-state index contributed by atoms with van der Waals surface area (Å²) in [6.45, 7) is 3.76. The number of hydrogen-bond acceptors (Lipinski definition) is 2. The van der Waals surface area contributed by atoms with Crippen molar-refractivity contribution in [3.8, 4) is 0 Å². The Kier molecular flexibility index (Phi) is 2.36. The second-order valence-electron chi connectivity index (χ2n) is 3.88. The number of hydrogen-bond donors (Lipinski definition) is 0. The van der Waals surface area contributed by atoms with Gasteiger partial charge in [0.05, 0.1) is 12.4 Å². The first-order valence-corrected chi connectivity index (χ1v) is 5.13. The van der Waals surface area contributed by atoms with E-state index >= 15 is 0 Å². The van der Waals surface area contributed by atoms with Gasteiger partial charge in [0.1, 0.15) is 12.7 Å². The third-order valence-electron chi connectivity index (χ3n) is 2.85. The molecule has 1 unspecified atom stereocenters. The molecule has 4 heteroatoms. The summed E-state index contributed by atoms with van der Waals surface area (Å²) in [5, 5.41) is 0. The molecule has 1 aliphatic heterocycles. The summed E-state index contributed by atoms with van der Waals surface area (Å²) in [7, 11) is 2.01. The second-order valence-corrected chi connectivity index (χ2v) is 3.88. The third-order valence-corrected chi connectivity index (χ3v) is 2.85. The van der Waals surface area contributed by atoms with Crippen molar-refractivity contribution in [3.05, 3.63) is 47.1 Å². The quantitative estimate of drug-likeness (QED) is 0.665. The van der Waals surface area contributed by atoms with Crippen LogP contribution in [0.15, 0.2) is 41.6 Å². The number of pyridine rings is 1. The van der Waals surface area contributed by atoms with E-state index in [0.717, 1.165) is 13.2 Å². The van der Waals surface area contributed by atoms with Gasteiger partial charge in [-0.1, -0.05) is 6.07 Å². The zero-order chi connectivity index (χ0) is 10.9. The van der Waals surface area contributed by atoms with Crippen molar-refractivity contribution in [1.82, 2.24) is 14.2 Å². The van der Waals surface area contributed by atoms with E-state index in [1.807, 2.05) is 25.5 Å². The van der Waals surface area contributed by atoms with Gasteiger partial charge in [0.15, 0.2) is 6.67 Å². The number of quaternary nitrogens is 1. The van der Waals surface area contributed by atoms with Crippen LogP contribution in [0.5, 0.6) is 0 Å². The molecule has 0 bridgehead atoms. The predicted octanol–water partition coefficient (Wildman–Crippen LogP) is 0.681. The van der Waals surface area contributed by atoms with E-state index in [1.54, 1.807) is 16.8 Å². The van der Waals surface area contributed by atoms with E-state index in [1.165, 1.54) is 0 Å². The first kappa shape index (κ1) is 9.98. The van der Waals surface area contributed by atoms with Crippen molar-refractivity contribution in [2.75, 3.05) is 20.3 Å². The highest BCUT2D eigenvalue weighted by molar-refractivity contribution is 5.06. The summed E-state index contributed by atoms with van der Waals surface area (Å²) in [4.78, 5) is 13.9. The Morgan fingerprint density at radius 2 is 2.27 bits per heavy atom. The second kappa shape index (κ2) is 3.55. The molecule has 1 aliphatic rings. The minimum absolute atomic E-state index is 0.0410. The van der Waals surface area contributed by atoms with Crippen LogP contribution in [0.3, 0.4) is 0 Å². The molecule has 2 rings (SSSR count). The topological polar surface area (TPSA) is 25.2 Å². The van der Waals surface area contributed by atoms with E-state index < -0.39 is 0 Å². The monoisotopic (exact) mass is 206 g/mol. The molecule has 0 aliphatic carbocycles. The summed E-state index contributed by atoms with van der Waals surface area (Å²) < 4.78 is 2.32. The molecule has 0 radical (unpaired) electrons. The SMILES string of the molecule is CC[N+]1(n2ccccc2=O)C=CN(C)C1. The van der Waals surface area contributed by atoms with Gasteiger partial charge >= 0.3 is 0 Å². The zero-order valence-electron chi connectivity index (χ0n) is 9.13. The predicted molar refractivity (Wildman–Crippen MR) is 60.5 cm³/mol. The van der Waals surface area contributed by atoms with E-state index in [2.05, 4.69) is 18.0 Å². The Balaban J connectivity index is 2.49. The molecule has 0 aromatic carbocycles. The molecule has 0 saturated carbocycles. The van der Waals surface area contributed by atoms with Gasteiger partial charge in [-0.05, 0) is 13.0 Å². The molecule has 0 fully saturated rings. The van der Waals surface area contributed by atoms with Crippen LogP contribution in [0.1, 0.15) is 6.92 Å². The summed E-state index contributed by atoms with van der Waals surface area (Å²) in [6.07, 6.45) is 5.92. The fourth-order valence-corrected chi connectivity index (χ4v) is 1.96. The number of aromatic nitrogens is 1. The Bertz CT molecular complexity index is 437. The normalized spacial score (nSPS) is 24.8. The first-order chi connectivity index (χ1) is 7.18. The van der Waals surface area contributed by atoms with Crippen LogP contribution < -0.4 is 10.2 Å². The van der Waals surface area contributed by atoms with Gasteiger partial charge < -0.3 is 4.90 Å². The summed E-state index contributed by atoms with van der Waals surface area (Å²) in [5.74, 6) is 0. The highest BCUT2D eigenvalue weighted by Crippen LogP contribution is 2.12. The molecule has 0 N–H and O–H groups in total. The average molecular weight is 206 g/mol. The van der Waals surface area contributed by atoms with Gasteiger partial charge in [0.25, 0.3) is 5.56 Å². The van der Waals surface area contributed by atoms with Crippen molar-refractivity contribution in [3.63, 3.8) is 0 Å². The van der Waals surface area contributed by atoms with Crippen molar-refractivity contribution in [2.45, 2.75) is 6.92 Å². The smallest absolute Gasteiger partial charge is 0.296 e. The molecule has 1 atom stereocenters. The van der Waals surface area contributed by atoms with Gasteiger partial charge in [-0.2, -0.15) is 9.27 Å². The highest BCUT2D eigenvalue weighted by Gasteiger charge is 2.32. The van der Waals surface area contributed by atoms with Crippen molar-refractivity contribution in [1.29, 1.82) is 0 Å². The molecular weight excluding hydrogens is 190 g/mol. The third kappa shape index (κ3) is 1.57. The molecule has 1 aromatic heterocycles. The maximum Gasteiger partial charge on any atom is 0.296 e. The lowest BCUT2D eigenvalue weighted by atomic mass is 10.5. The van der Waals surface area contributed by atoms with E-state index in [4.69, 9.17) is 0 Å². The van der Waals surface area contributed by atoms with Crippen LogP contribution in [0.2, 0.25) is 0 Å². The minimum Gasteiger partial charge on any atom is -0.327 e. The molecular formula is C11H16N3O+. The lowest BCUT2D eigenvalue weighted by Gasteiger charge is -2.31. The standard InChI is InChI=1S/C11H16N3O/c1-3-14(9-8-12(2)10-14)13-7-5-4-6-11(13)15/h4-9H,3,10H2,1-2H3/q+1. The van der Waals surface area contributed by atoms with Crippen LogP contribution in [-0.2, 0) is 0 Å². The first-order valence-electron chi connectivity index (χ1n) is 5.13. The average Bonchev–Trinajstić information content (AvgIpc) is 2.62. The molecule has 1 aromatic rings. The largest absolute Gasteiger partial charge is 0.327 e. The zero-order valence-corrected chi connectivity index (χ0v) is 9.13. The molecule has 2 heterocycles. The van der Waals surface area contributed by atoms with Crippen molar-refractivity contribution >= 4 is 0 Å². The Labute approximate surface area is 89.2 Å². The van der Waals surface area contributed by atoms with Crippen molar-refractivity contribution < 1.29 is 0 Å². The van der Waals surface area contributed by atoms with E-state index in [-0.39, 0.29) is 5.56 Å². The fourth-order valence-electron chi connectivity index (χ4n) is 1.96. The molecule has 0 amide bonds. The fraction of sp³-hybridized carbons (Fsp3) is 0.364. The maximum atomic E-state index is 11.8. The summed E-state index contributed by atoms with van der Waals surface area (Å²) in [6, 6.07) is 5.26. The summed E-state index contributed by atoms with van der Waals surface area (Å²) >= 11 is 0. The Morgan fingerprint density at radius 1 is 1.47 bits per heavy atom. The molecule has 4 nitrogen and oxygen atoms in total. The number of rotatable bonds is 2. The molecule has 0 saturated heterocycles. The maximum absolute atomic E-state index is 11.8. The molecule has 0 spiro atoms. The van der Waals surface area contributed by atoms with Crippen LogP contribution in [0, 0.1) is 0 Å². The summed E-state index contributed by atoms with van der Waals surface area (Å²) in [5.41, 5.74) is 0.0410. The van der Waals surface area contributed by atoms with Gasteiger partial charge in [-0.25, -0.2) is 0 Å². The van der Waals surface area contributed by atoms with Gasteiger partial charge in [-0.15, -0.1) is 0 Å². The highest BCUT2D eigenvalue weighted by atomic mass is 16.1. The number of nitrogens with zero attached hydrogens (tertiary/aromatic N) is 3. The van der Waals surface area contributed by atoms with Crippen LogP contribution in [0.25, 0.3) is 0 Å². The van der Waals surface area contributed by atoms with E-state index in [0.29, 0.717) is 4.59 Å². The van der Waals surface area contributed by atoms with Crippen LogP contribution in [-0.4, -0.2) is 29.8 Å². The molecule has 15 heavy (non-hydrogen) atoms. The van der Waals surface area contributed by atoms with Gasteiger partial charge in [0.2, 0.25) is 0 Å². The van der Waals surface area contributed by atoms with Gasteiger partial charge in [0, 0.05) is 13.1 Å². The van der Waals surface area contributed by atoms with E-state index in [9.17, 15) is 4.79 Å². The lowest BCUT2D eigenvalue weighted by molar-refractivity contribution is 0.161. The van der Waals surface area contributed by atoms with Crippen LogP contribution >= 0.6 is 0 Å². The van der Waals surface area contributed by atoms with Crippen LogP contribution in [0.4, 0.5) is 0 Å². The minimum atomic E-state index is 0.0410. The Hall–Kier alpha value is -1.55. The molecule has 80 valence electrons. The van der Waals surface area contributed by atoms with Gasteiger partial charge in [-0.3, -0.25) is 4.79 Å². The Morgan fingerprint density at radius 3 is 2.80 bits per heavy atom. The lowest BCUT2D eigenvalue weighted by Crippen LogP contribution is -2.58.